The molecule has 1 saturated carbocycles. The number of aromatic nitrogens is 1. The second-order valence-corrected chi connectivity index (χ2v) is 7.14. The molecule has 1 aromatic rings. The van der Waals surface area contributed by atoms with E-state index in [0.717, 1.165) is 30.1 Å². The van der Waals surface area contributed by atoms with Crippen LogP contribution in [0.25, 0.3) is 0 Å². The summed E-state index contributed by atoms with van der Waals surface area (Å²) < 4.78 is 0. The first-order valence-electron chi connectivity index (χ1n) is 7.69. The van der Waals surface area contributed by atoms with E-state index in [1.165, 1.54) is 44.2 Å². The Kier molecular flexibility index (Phi) is 4.51. The van der Waals surface area contributed by atoms with Gasteiger partial charge in [0.25, 0.3) is 0 Å². The van der Waals surface area contributed by atoms with E-state index < -0.39 is 0 Å². The van der Waals surface area contributed by atoms with E-state index >= 15 is 0 Å². The summed E-state index contributed by atoms with van der Waals surface area (Å²) in [5.74, 6) is 0.964. The molecule has 0 spiro atoms. The largest absolute Gasteiger partial charge is 0.310 e. The van der Waals surface area contributed by atoms with Crippen LogP contribution < -0.4 is 10.6 Å². The first kappa shape index (κ1) is 13.5. The highest BCUT2D eigenvalue weighted by molar-refractivity contribution is 7.09. The van der Waals surface area contributed by atoms with Crippen molar-refractivity contribution in [3.05, 3.63) is 16.1 Å². The van der Waals surface area contributed by atoms with Crippen LogP contribution in [0.15, 0.2) is 5.38 Å². The van der Waals surface area contributed by atoms with E-state index in [4.69, 9.17) is 0 Å². The first-order chi connectivity index (χ1) is 9.31. The van der Waals surface area contributed by atoms with Crippen LogP contribution in [-0.2, 0) is 6.54 Å². The molecule has 2 fully saturated rings. The molecule has 0 radical (unpaired) electrons. The molecule has 19 heavy (non-hydrogen) atoms. The van der Waals surface area contributed by atoms with E-state index in [1.54, 1.807) is 11.3 Å². The Balaban J connectivity index is 1.41. The van der Waals surface area contributed by atoms with E-state index in [2.05, 4.69) is 27.9 Å². The molecular formula is C15H25N3S. The number of hydrogen-bond acceptors (Lipinski definition) is 4. The van der Waals surface area contributed by atoms with Gasteiger partial charge in [-0.1, -0.05) is 12.8 Å². The lowest BCUT2D eigenvalue weighted by Crippen LogP contribution is -2.52. The maximum absolute atomic E-state index is 4.49. The van der Waals surface area contributed by atoms with E-state index in [1.807, 2.05) is 0 Å². The maximum atomic E-state index is 4.49. The van der Waals surface area contributed by atoms with Crippen LogP contribution in [0, 0.1) is 12.8 Å². The second-order valence-electron chi connectivity index (χ2n) is 6.08. The third-order valence-electron chi connectivity index (χ3n) is 4.61. The van der Waals surface area contributed by atoms with Gasteiger partial charge in [-0.2, -0.15) is 0 Å². The Labute approximate surface area is 120 Å². The number of thiazole rings is 1. The lowest BCUT2D eigenvalue weighted by atomic mass is 9.78. The first-order valence-corrected chi connectivity index (χ1v) is 8.57. The van der Waals surface area contributed by atoms with E-state index in [9.17, 15) is 0 Å². The van der Waals surface area contributed by atoms with Gasteiger partial charge >= 0.3 is 0 Å². The molecule has 1 aliphatic heterocycles. The Hall–Kier alpha value is -0.450. The van der Waals surface area contributed by atoms with Gasteiger partial charge in [-0.05, 0) is 38.5 Å². The van der Waals surface area contributed by atoms with Crippen LogP contribution in [0.5, 0.6) is 0 Å². The minimum Gasteiger partial charge on any atom is -0.310 e. The van der Waals surface area contributed by atoms with Gasteiger partial charge < -0.3 is 10.6 Å². The third-order valence-corrected chi connectivity index (χ3v) is 5.43. The van der Waals surface area contributed by atoms with Gasteiger partial charge in [0.1, 0.15) is 0 Å². The Morgan fingerprint density at radius 3 is 3.05 bits per heavy atom. The van der Waals surface area contributed by atoms with Crippen molar-refractivity contribution in [3.8, 4) is 0 Å². The molecule has 0 amide bonds. The van der Waals surface area contributed by atoms with Crippen molar-refractivity contribution < 1.29 is 0 Å². The lowest BCUT2D eigenvalue weighted by molar-refractivity contribution is 0.174. The van der Waals surface area contributed by atoms with Crippen LogP contribution in [0.3, 0.4) is 0 Å². The monoisotopic (exact) mass is 279 g/mol. The topological polar surface area (TPSA) is 37.0 Å². The fourth-order valence-corrected chi connectivity index (χ4v) is 4.21. The van der Waals surface area contributed by atoms with Gasteiger partial charge in [-0.25, -0.2) is 4.98 Å². The average molecular weight is 279 g/mol. The number of hydrogen-bond donors (Lipinski definition) is 2. The second kappa shape index (κ2) is 6.33. The summed E-state index contributed by atoms with van der Waals surface area (Å²) in [6, 6.07) is 1.47. The molecule has 1 aliphatic carbocycles. The van der Waals surface area contributed by atoms with Crippen LogP contribution in [0.2, 0.25) is 0 Å². The number of fused-ring (bicyclic) bond motifs is 1. The predicted octanol–water partition coefficient (Wildman–Crippen LogP) is 2.85. The zero-order valence-electron chi connectivity index (χ0n) is 11.8. The summed E-state index contributed by atoms with van der Waals surface area (Å²) in [6.45, 7) is 4.07. The molecule has 3 nitrogen and oxygen atoms in total. The van der Waals surface area contributed by atoms with Gasteiger partial charge in [0, 0.05) is 30.6 Å². The number of nitrogens with zero attached hydrogens (tertiary/aromatic N) is 1. The fraction of sp³-hybridized carbons (Fsp3) is 0.800. The van der Waals surface area contributed by atoms with Crippen LogP contribution in [-0.4, -0.2) is 23.6 Å². The highest BCUT2D eigenvalue weighted by Gasteiger charge is 2.31. The van der Waals surface area contributed by atoms with Crippen LogP contribution >= 0.6 is 11.3 Å². The molecule has 3 unspecified atom stereocenters. The summed E-state index contributed by atoms with van der Waals surface area (Å²) in [7, 11) is 0. The molecule has 3 atom stereocenters. The molecule has 0 bridgehead atoms. The van der Waals surface area contributed by atoms with Crippen LogP contribution in [0.4, 0.5) is 0 Å². The molecule has 2 heterocycles. The van der Waals surface area contributed by atoms with Crippen molar-refractivity contribution in [2.24, 2.45) is 5.92 Å². The quantitative estimate of drug-likeness (QED) is 0.890. The van der Waals surface area contributed by atoms with Crippen molar-refractivity contribution >= 4 is 11.3 Å². The summed E-state index contributed by atoms with van der Waals surface area (Å²) in [5, 5.41) is 10.8. The minimum atomic E-state index is 0.666. The highest BCUT2D eigenvalue weighted by Crippen LogP contribution is 2.31. The third kappa shape index (κ3) is 3.56. The summed E-state index contributed by atoms with van der Waals surface area (Å²) in [6.07, 6.45) is 8.49. The van der Waals surface area contributed by atoms with Gasteiger partial charge in [0.2, 0.25) is 0 Å². The fourth-order valence-electron chi connectivity index (χ4n) is 3.60. The predicted molar refractivity (Wildman–Crippen MR) is 80.5 cm³/mol. The molecule has 4 heteroatoms. The van der Waals surface area contributed by atoms with Crippen LogP contribution in [0.1, 0.15) is 49.2 Å². The van der Waals surface area contributed by atoms with Gasteiger partial charge in [0.15, 0.2) is 0 Å². The normalized spacial score (nSPS) is 31.1. The zero-order chi connectivity index (χ0) is 13.1. The van der Waals surface area contributed by atoms with Gasteiger partial charge in [0.05, 0.1) is 10.7 Å². The molecule has 2 N–H and O–H groups in total. The number of piperidine rings is 1. The standard InChI is InChI=1S/C15H25N3S/c1-11-17-14(10-19-11)9-16-8-13-7-6-12-4-2-3-5-15(12)18-13/h10,12-13,15-16,18H,2-9H2,1H3. The SMILES string of the molecule is Cc1nc(CNCC2CCC3CCCCC3N2)cs1. The zero-order valence-corrected chi connectivity index (χ0v) is 12.6. The lowest BCUT2D eigenvalue weighted by Gasteiger charge is -2.40. The molecule has 106 valence electrons. The molecule has 2 aliphatic rings. The molecule has 1 saturated heterocycles. The van der Waals surface area contributed by atoms with E-state index in [0.29, 0.717) is 6.04 Å². The molecule has 3 rings (SSSR count). The summed E-state index contributed by atoms with van der Waals surface area (Å²) in [5.41, 5.74) is 1.19. The maximum Gasteiger partial charge on any atom is 0.0897 e. The number of nitrogens with one attached hydrogen (secondary N) is 2. The Morgan fingerprint density at radius 2 is 2.21 bits per heavy atom. The highest BCUT2D eigenvalue weighted by atomic mass is 32.1. The Morgan fingerprint density at radius 1 is 1.32 bits per heavy atom. The van der Waals surface area contributed by atoms with Crippen molar-refractivity contribution in [1.29, 1.82) is 0 Å². The van der Waals surface area contributed by atoms with Crippen molar-refractivity contribution in [2.75, 3.05) is 6.54 Å². The van der Waals surface area contributed by atoms with Crippen molar-refractivity contribution in [2.45, 2.75) is 64.1 Å². The Bertz CT molecular complexity index is 404. The number of rotatable bonds is 4. The van der Waals surface area contributed by atoms with E-state index in [-0.39, 0.29) is 0 Å². The van der Waals surface area contributed by atoms with Crippen molar-refractivity contribution in [3.63, 3.8) is 0 Å². The summed E-state index contributed by atoms with van der Waals surface area (Å²) >= 11 is 1.74. The molecule has 1 aromatic heterocycles. The smallest absolute Gasteiger partial charge is 0.0897 e. The molecule has 0 aromatic carbocycles. The average Bonchev–Trinajstić information content (AvgIpc) is 2.84. The number of aryl methyl sites for hydroxylation is 1. The van der Waals surface area contributed by atoms with Crippen molar-refractivity contribution in [1.82, 2.24) is 15.6 Å². The van der Waals surface area contributed by atoms with Gasteiger partial charge in [-0.3, -0.25) is 0 Å². The van der Waals surface area contributed by atoms with Gasteiger partial charge in [-0.15, -0.1) is 11.3 Å². The minimum absolute atomic E-state index is 0.666. The summed E-state index contributed by atoms with van der Waals surface area (Å²) in [4.78, 5) is 4.49. The molecular weight excluding hydrogens is 254 g/mol.